The average Bonchev–Trinajstić information content (AvgIpc) is 2.49. The summed E-state index contributed by atoms with van der Waals surface area (Å²) in [5.41, 5.74) is 0. The fraction of sp³-hybridized carbons (Fsp3) is 0. The van der Waals surface area contributed by atoms with Crippen LogP contribution in [0.2, 0.25) is 5.02 Å². The van der Waals surface area contributed by atoms with E-state index in [0.717, 1.165) is 9.50 Å². The third kappa shape index (κ3) is 1.67. The minimum absolute atomic E-state index is 0.748. The van der Waals surface area contributed by atoms with E-state index in [1.165, 1.54) is 32.3 Å². The Morgan fingerprint density at radius 2 is 1.00 bits per heavy atom. The van der Waals surface area contributed by atoms with Gasteiger partial charge in [0.1, 0.15) is 0 Å². The number of rotatable bonds is 0. The molecule has 4 aromatic carbocycles. The molecule has 0 aliphatic carbocycles. The SMILES string of the molecule is Clc1cc2c3ccccc3c3ccccc3c2cc1Br. The van der Waals surface area contributed by atoms with E-state index in [1.54, 1.807) is 0 Å². The molecule has 0 heterocycles. The molecule has 0 N–H and O–H groups in total. The van der Waals surface area contributed by atoms with Gasteiger partial charge in [0.05, 0.1) is 5.02 Å². The summed E-state index contributed by atoms with van der Waals surface area (Å²) in [5.74, 6) is 0. The lowest BCUT2D eigenvalue weighted by Gasteiger charge is -2.11. The maximum Gasteiger partial charge on any atom is 0.0554 e. The van der Waals surface area contributed by atoms with Crippen molar-refractivity contribution >= 4 is 59.8 Å². The lowest BCUT2D eigenvalue weighted by molar-refractivity contribution is 1.73. The van der Waals surface area contributed by atoms with E-state index in [1.807, 2.05) is 0 Å². The van der Waals surface area contributed by atoms with E-state index in [4.69, 9.17) is 11.6 Å². The molecule has 0 amide bonds. The van der Waals surface area contributed by atoms with Gasteiger partial charge in [-0.15, -0.1) is 0 Å². The third-order valence-corrected chi connectivity index (χ3v) is 4.98. The summed E-state index contributed by atoms with van der Waals surface area (Å²) < 4.78 is 0.937. The topological polar surface area (TPSA) is 0 Å². The van der Waals surface area contributed by atoms with Crippen molar-refractivity contribution in [2.45, 2.75) is 0 Å². The summed E-state index contributed by atoms with van der Waals surface area (Å²) in [6.45, 7) is 0. The van der Waals surface area contributed by atoms with E-state index in [0.29, 0.717) is 0 Å². The molecule has 0 saturated carbocycles. The number of benzene rings is 4. The van der Waals surface area contributed by atoms with Crippen LogP contribution in [0.15, 0.2) is 65.1 Å². The van der Waals surface area contributed by atoms with Crippen LogP contribution >= 0.6 is 27.5 Å². The van der Waals surface area contributed by atoms with Gasteiger partial charge in [-0.05, 0) is 60.4 Å². The summed E-state index contributed by atoms with van der Waals surface area (Å²) >= 11 is 9.83. The summed E-state index contributed by atoms with van der Waals surface area (Å²) in [4.78, 5) is 0. The molecular weight excluding hydrogens is 332 g/mol. The Kier molecular flexibility index (Phi) is 2.73. The first-order valence-electron chi connectivity index (χ1n) is 6.44. The number of hydrogen-bond acceptors (Lipinski definition) is 0. The molecule has 0 atom stereocenters. The second-order valence-electron chi connectivity index (χ2n) is 4.90. The Bertz CT molecular complexity index is 893. The van der Waals surface area contributed by atoms with Gasteiger partial charge in [0.15, 0.2) is 0 Å². The largest absolute Gasteiger partial charge is 0.0831 e. The van der Waals surface area contributed by atoms with Crippen molar-refractivity contribution in [3.05, 3.63) is 70.2 Å². The normalized spacial score (nSPS) is 11.5. The molecule has 2 heteroatoms. The average molecular weight is 342 g/mol. The number of hydrogen-bond donors (Lipinski definition) is 0. The Balaban J connectivity index is 2.42. The molecule has 0 unspecified atom stereocenters. The van der Waals surface area contributed by atoms with Crippen LogP contribution in [0.3, 0.4) is 0 Å². The van der Waals surface area contributed by atoms with E-state index < -0.39 is 0 Å². The minimum atomic E-state index is 0.748. The van der Waals surface area contributed by atoms with Crippen LogP contribution in [0, 0.1) is 0 Å². The van der Waals surface area contributed by atoms with E-state index in [-0.39, 0.29) is 0 Å². The monoisotopic (exact) mass is 340 g/mol. The maximum absolute atomic E-state index is 6.29. The van der Waals surface area contributed by atoms with Gasteiger partial charge >= 0.3 is 0 Å². The van der Waals surface area contributed by atoms with Crippen molar-refractivity contribution in [3.63, 3.8) is 0 Å². The Morgan fingerprint density at radius 3 is 1.50 bits per heavy atom. The number of fused-ring (bicyclic) bond motifs is 6. The third-order valence-electron chi connectivity index (χ3n) is 3.79. The maximum atomic E-state index is 6.29. The van der Waals surface area contributed by atoms with Gasteiger partial charge in [0.2, 0.25) is 0 Å². The fourth-order valence-corrected chi connectivity index (χ4v) is 3.41. The van der Waals surface area contributed by atoms with E-state index >= 15 is 0 Å². The molecule has 0 aliphatic rings. The highest BCUT2D eigenvalue weighted by Gasteiger charge is 2.09. The summed E-state index contributed by atoms with van der Waals surface area (Å²) in [6.07, 6.45) is 0. The zero-order valence-corrected chi connectivity index (χ0v) is 12.9. The van der Waals surface area contributed by atoms with Crippen molar-refractivity contribution in [2.75, 3.05) is 0 Å². The van der Waals surface area contributed by atoms with Gasteiger partial charge in [-0.1, -0.05) is 60.1 Å². The zero-order chi connectivity index (χ0) is 13.7. The van der Waals surface area contributed by atoms with E-state index in [9.17, 15) is 0 Å². The lowest BCUT2D eigenvalue weighted by Crippen LogP contribution is -1.83. The highest BCUT2D eigenvalue weighted by Crippen LogP contribution is 2.38. The molecule has 0 fully saturated rings. The molecule has 0 saturated heterocycles. The lowest BCUT2D eigenvalue weighted by atomic mass is 9.94. The number of halogens is 2. The van der Waals surface area contributed by atoms with Gasteiger partial charge in [-0.2, -0.15) is 0 Å². The molecule has 4 aromatic rings. The summed E-state index contributed by atoms with van der Waals surface area (Å²) in [5, 5.41) is 8.24. The van der Waals surface area contributed by atoms with Crippen LogP contribution in [0.4, 0.5) is 0 Å². The van der Waals surface area contributed by atoms with Crippen LogP contribution in [0.25, 0.3) is 32.3 Å². The zero-order valence-electron chi connectivity index (χ0n) is 10.5. The highest BCUT2D eigenvalue weighted by molar-refractivity contribution is 9.10. The minimum Gasteiger partial charge on any atom is -0.0831 e. The van der Waals surface area contributed by atoms with Crippen LogP contribution < -0.4 is 0 Å². The predicted molar refractivity (Wildman–Crippen MR) is 91.7 cm³/mol. The Hall–Kier alpha value is -1.57. The van der Waals surface area contributed by atoms with Gasteiger partial charge in [-0.3, -0.25) is 0 Å². The first-order chi connectivity index (χ1) is 9.75. The summed E-state index contributed by atoms with van der Waals surface area (Å²) in [6, 6.07) is 21.2. The van der Waals surface area contributed by atoms with Crippen LogP contribution in [0.1, 0.15) is 0 Å². The molecule has 0 bridgehead atoms. The van der Waals surface area contributed by atoms with Crippen LogP contribution in [-0.2, 0) is 0 Å². The molecule has 4 rings (SSSR count). The van der Waals surface area contributed by atoms with Gasteiger partial charge < -0.3 is 0 Å². The Labute approximate surface area is 130 Å². The molecule has 0 spiro atoms. The van der Waals surface area contributed by atoms with Crippen molar-refractivity contribution in [2.24, 2.45) is 0 Å². The molecular formula is C18H10BrCl. The van der Waals surface area contributed by atoms with Gasteiger partial charge in [-0.25, -0.2) is 0 Å². The smallest absolute Gasteiger partial charge is 0.0554 e. The van der Waals surface area contributed by atoms with Crippen molar-refractivity contribution < 1.29 is 0 Å². The Morgan fingerprint density at radius 1 is 0.600 bits per heavy atom. The first-order valence-corrected chi connectivity index (χ1v) is 7.61. The molecule has 0 aromatic heterocycles. The van der Waals surface area contributed by atoms with Gasteiger partial charge in [0.25, 0.3) is 0 Å². The fourth-order valence-electron chi connectivity index (χ4n) is 2.90. The summed E-state index contributed by atoms with van der Waals surface area (Å²) in [7, 11) is 0. The van der Waals surface area contributed by atoms with Crippen LogP contribution in [0.5, 0.6) is 0 Å². The molecule has 96 valence electrons. The molecule has 20 heavy (non-hydrogen) atoms. The standard InChI is InChI=1S/C18H10BrCl/c19-17-9-15-13-7-3-1-5-11(13)12-6-2-4-8-14(12)16(15)10-18(17)20/h1-10H. The quantitative estimate of drug-likeness (QED) is 0.318. The van der Waals surface area contributed by atoms with Crippen molar-refractivity contribution in [1.82, 2.24) is 0 Å². The first kappa shape index (κ1) is 12.2. The van der Waals surface area contributed by atoms with E-state index in [2.05, 4.69) is 76.6 Å². The molecule has 0 radical (unpaired) electrons. The second-order valence-corrected chi connectivity index (χ2v) is 6.16. The van der Waals surface area contributed by atoms with Gasteiger partial charge in [0, 0.05) is 4.47 Å². The van der Waals surface area contributed by atoms with Crippen molar-refractivity contribution in [3.8, 4) is 0 Å². The second kappa shape index (κ2) is 4.47. The molecule has 0 nitrogen and oxygen atoms in total. The highest BCUT2D eigenvalue weighted by atomic mass is 79.9. The van der Waals surface area contributed by atoms with Crippen LogP contribution in [-0.4, -0.2) is 0 Å². The molecule has 0 aliphatic heterocycles. The van der Waals surface area contributed by atoms with Crippen molar-refractivity contribution in [1.29, 1.82) is 0 Å². The predicted octanol–water partition coefficient (Wildman–Crippen LogP) is 6.56.